The Morgan fingerprint density at radius 2 is 1.93 bits per heavy atom. The minimum atomic E-state index is 0.579. The van der Waals surface area contributed by atoms with Gasteiger partial charge < -0.3 is 5.32 Å². The summed E-state index contributed by atoms with van der Waals surface area (Å²) < 4.78 is 0. The van der Waals surface area contributed by atoms with Gasteiger partial charge in [-0.2, -0.15) is 0 Å². The maximum absolute atomic E-state index is 3.59. The van der Waals surface area contributed by atoms with E-state index in [0.717, 1.165) is 12.5 Å². The summed E-state index contributed by atoms with van der Waals surface area (Å²) >= 11 is 0. The predicted octanol–water partition coefficient (Wildman–Crippen LogP) is 3.76. The topological polar surface area (TPSA) is 12.0 Å². The smallest absolute Gasteiger partial charge is 0.0254 e. The molecule has 0 radical (unpaired) electrons. The largest absolute Gasteiger partial charge is 0.311 e. The van der Waals surface area contributed by atoms with Crippen LogP contribution in [-0.2, 0) is 0 Å². The number of hydrogen-bond donors (Lipinski definition) is 1. The molecule has 0 rings (SSSR count). The van der Waals surface area contributed by atoms with Crippen LogP contribution in [0.15, 0.2) is 11.6 Å². The average Bonchev–Trinajstić information content (AvgIpc) is 2.13. The van der Waals surface area contributed by atoms with Crippen LogP contribution in [0.25, 0.3) is 0 Å². The van der Waals surface area contributed by atoms with Crippen LogP contribution in [0.3, 0.4) is 0 Å². The van der Waals surface area contributed by atoms with Crippen molar-refractivity contribution in [2.24, 2.45) is 5.92 Å². The van der Waals surface area contributed by atoms with E-state index in [1.54, 1.807) is 0 Å². The maximum atomic E-state index is 3.59. The number of allylic oxidation sites excluding steroid dienone is 1. The fraction of sp³-hybridized carbons (Fsp3) is 0.846. The molecular weight excluding hydrogens is 170 g/mol. The van der Waals surface area contributed by atoms with Gasteiger partial charge in [-0.25, -0.2) is 0 Å². The predicted molar refractivity (Wildman–Crippen MR) is 65.6 cm³/mol. The minimum absolute atomic E-state index is 0.579. The monoisotopic (exact) mass is 197 g/mol. The van der Waals surface area contributed by atoms with Gasteiger partial charge in [0.1, 0.15) is 0 Å². The number of hydrogen-bond acceptors (Lipinski definition) is 1. The Morgan fingerprint density at radius 3 is 2.36 bits per heavy atom. The van der Waals surface area contributed by atoms with E-state index in [-0.39, 0.29) is 0 Å². The summed E-state index contributed by atoms with van der Waals surface area (Å²) in [5.41, 5.74) is 1.42. The second-order valence-electron chi connectivity index (χ2n) is 4.55. The molecule has 0 amide bonds. The normalized spacial score (nSPS) is 14.9. The third kappa shape index (κ3) is 7.14. The van der Waals surface area contributed by atoms with Crippen LogP contribution in [0.5, 0.6) is 0 Å². The van der Waals surface area contributed by atoms with Crippen molar-refractivity contribution in [2.45, 2.75) is 59.9 Å². The lowest BCUT2D eigenvalue weighted by molar-refractivity contribution is 0.437. The van der Waals surface area contributed by atoms with E-state index < -0.39 is 0 Å². The third-order valence-electron chi connectivity index (χ3n) is 2.54. The van der Waals surface area contributed by atoms with E-state index in [0.29, 0.717) is 6.04 Å². The summed E-state index contributed by atoms with van der Waals surface area (Å²) in [6.07, 6.45) is 6.12. The van der Waals surface area contributed by atoms with Crippen LogP contribution in [0.2, 0.25) is 0 Å². The molecule has 0 bridgehead atoms. The Kier molecular flexibility index (Phi) is 7.87. The standard InChI is InChI=1S/C13H27N/c1-6-8-14-13(9-11(3)4)10-12(5)7-2/h9,12-14H,6-8,10H2,1-5H3. The Labute approximate surface area is 90.0 Å². The first-order chi connectivity index (χ1) is 6.60. The van der Waals surface area contributed by atoms with Crippen molar-refractivity contribution in [1.29, 1.82) is 0 Å². The number of rotatable bonds is 7. The van der Waals surface area contributed by atoms with E-state index in [2.05, 4.69) is 46.0 Å². The van der Waals surface area contributed by atoms with Crippen molar-refractivity contribution < 1.29 is 0 Å². The van der Waals surface area contributed by atoms with Gasteiger partial charge >= 0.3 is 0 Å². The zero-order valence-corrected chi connectivity index (χ0v) is 10.6. The molecule has 0 saturated carbocycles. The molecule has 14 heavy (non-hydrogen) atoms. The van der Waals surface area contributed by atoms with Gasteiger partial charge in [-0.1, -0.05) is 38.8 Å². The first-order valence-electron chi connectivity index (χ1n) is 5.98. The molecule has 0 aliphatic carbocycles. The highest BCUT2D eigenvalue weighted by Gasteiger charge is 2.08. The second-order valence-corrected chi connectivity index (χ2v) is 4.55. The lowest BCUT2D eigenvalue weighted by Crippen LogP contribution is -2.29. The van der Waals surface area contributed by atoms with Crippen LogP contribution < -0.4 is 5.32 Å². The van der Waals surface area contributed by atoms with Crippen molar-refractivity contribution in [1.82, 2.24) is 5.32 Å². The highest BCUT2D eigenvalue weighted by Crippen LogP contribution is 2.12. The SMILES string of the molecule is CCCNC(C=C(C)C)CC(C)CC. The summed E-state index contributed by atoms with van der Waals surface area (Å²) in [4.78, 5) is 0. The number of nitrogens with one attached hydrogen (secondary N) is 1. The van der Waals surface area contributed by atoms with E-state index in [1.165, 1.54) is 24.8 Å². The van der Waals surface area contributed by atoms with E-state index in [1.807, 2.05) is 0 Å². The Hall–Kier alpha value is -0.300. The Bertz CT molecular complexity index is 157. The van der Waals surface area contributed by atoms with Gasteiger partial charge in [0.15, 0.2) is 0 Å². The van der Waals surface area contributed by atoms with Crippen molar-refractivity contribution in [2.75, 3.05) is 6.54 Å². The molecule has 0 aromatic carbocycles. The molecule has 0 heterocycles. The maximum Gasteiger partial charge on any atom is 0.0254 e. The first-order valence-corrected chi connectivity index (χ1v) is 5.98. The van der Waals surface area contributed by atoms with Crippen molar-refractivity contribution >= 4 is 0 Å². The second kappa shape index (κ2) is 8.05. The van der Waals surface area contributed by atoms with Crippen molar-refractivity contribution in [3.05, 3.63) is 11.6 Å². The van der Waals surface area contributed by atoms with Gasteiger partial charge in [0.05, 0.1) is 0 Å². The van der Waals surface area contributed by atoms with Crippen molar-refractivity contribution in [3.63, 3.8) is 0 Å². The average molecular weight is 197 g/mol. The molecule has 0 saturated heterocycles. The van der Waals surface area contributed by atoms with Crippen molar-refractivity contribution in [3.8, 4) is 0 Å². The molecule has 84 valence electrons. The van der Waals surface area contributed by atoms with Gasteiger partial charge in [0, 0.05) is 6.04 Å². The zero-order valence-electron chi connectivity index (χ0n) is 10.6. The van der Waals surface area contributed by atoms with E-state index >= 15 is 0 Å². The molecule has 1 heteroatoms. The molecule has 0 aliphatic heterocycles. The molecule has 1 nitrogen and oxygen atoms in total. The lowest BCUT2D eigenvalue weighted by atomic mass is 9.98. The molecule has 2 unspecified atom stereocenters. The molecule has 0 spiro atoms. The van der Waals surface area contributed by atoms with E-state index in [9.17, 15) is 0 Å². The molecule has 1 N–H and O–H groups in total. The molecule has 0 aromatic heterocycles. The Morgan fingerprint density at radius 1 is 1.29 bits per heavy atom. The van der Waals surface area contributed by atoms with Crippen LogP contribution >= 0.6 is 0 Å². The molecule has 2 atom stereocenters. The van der Waals surface area contributed by atoms with Gasteiger partial charge in [0.2, 0.25) is 0 Å². The molecule has 0 fully saturated rings. The summed E-state index contributed by atoms with van der Waals surface area (Å²) in [5.74, 6) is 0.819. The fourth-order valence-electron chi connectivity index (χ4n) is 1.54. The van der Waals surface area contributed by atoms with Gasteiger partial charge in [0.25, 0.3) is 0 Å². The molecule has 0 aromatic rings. The fourth-order valence-corrected chi connectivity index (χ4v) is 1.54. The quantitative estimate of drug-likeness (QED) is 0.613. The van der Waals surface area contributed by atoms with Crippen LogP contribution in [-0.4, -0.2) is 12.6 Å². The molecular formula is C13H27N. The summed E-state index contributed by atoms with van der Waals surface area (Å²) in [6, 6.07) is 0.579. The highest BCUT2D eigenvalue weighted by atomic mass is 14.9. The summed E-state index contributed by atoms with van der Waals surface area (Å²) in [7, 11) is 0. The van der Waals surface area contributed by atoms with Gasteiger partial charge in [-0.15, -0.1) is 0 Å². The van der Waals surface area contributed by atoms with Gasteiger partial charge in [-0.3, -0.25) is 0 Å². The van der Waals surface area contributed by atoms with Gasteiger partial charge in [-0.05, 0) is 39.2 Å². The zero-order chi connectivity index (χ0) is 11.0. The lowest BCUT2D eigenvalue weighted by Gasteiger charge is -2.19. The van der Waals surface area contributed by atoms with Crippen LogP contribution in [0, 0.1) is 5.92 Å². The summed E-state index contributed by atoms with van der Waals surface area (Å²) in [5, 5.41) is 3.59. The summed E-state index contributed by atoms with van der Waals surface area (Å²) in [6.45, 7) is 12.3. The Balaban J connectivity index is 4.03. The molecule has 0 aliphatic rings. The van der Waals surface area contributed by atoms with Crippen LogP contribution in [0.1, 0.15) is 53.9 Å². The van der Waals surface area contributed by atoms with E-state index in [4.69, 9.17) is 0 Å². The minimum Gasteiger partial charge on any atom is -0.311 e. The first kappa shape index (κ1) is 13.7. The van der Waals surface area contributed by atoms with Crippen LogP contribution in [0.4, 0.5) is 0 Å². The highest BCUT2D eigenvalue weighted by molar-refractivity contribution is 5.01. The third-order valence-corrected chi connectivity index (χ3v) is 2.54.